The summed E-state index contributed by atoms with van der Waals surface area (Å²) in [6, 6.07) is 13.9. The number of halogens is 5. The van der Waals surface area contributed by atoms with E-state index in [1.54, 1.807) is 24.3 Å². The van der Waals surface area contributed by atoms with Crippen LogP contribution in [0, 0.1) is 0 Å². The second-order valence-corrected chi connectivity index (χ2v) is 9.04. The fraction of sp³-hybridized carbons (Fsp3) is 0.125. The molecule has 0 radical (unpaired) electrons. The Morgan fingerprint density at radius 2 is 1.65 bits per heavy atom. The van der Waals surface area contributed by atoms with Gasteiger partial charge in [-0.25, -0.2) is 0 Å². The highest BCUT2D eigenvalue weighted by Gasteiger charge is 2.35. The van der Waals surface area contributed by atoms with E-state index in [-0.39, 0.29) is 15.7 Å². The molecular formula is C16H12BrCl4N3OS. The first-order valence-electron chi connectivity index (χ1n) is 7.12. The fourth-order valence-electron chi connectivity index (χ4n) is 1.91. The van der Waals surface area contributed by atoms with Gasteiger partial charge in [-0.05, 0) is 52.4 Å². The number of rotatable bonds is 4. The quantitative estimate of drug-likeness (QED) is 0.285. The molecule has 0 heterocycles. The Hall–Kier alpha value is -0.760. The molecule has 138 valence electrons. The molecule has 0 aliphatic heterocycles. The summed E-state index contributed by atoms with van der Waals surface area (Å²) >= 11 is 32.6. The van der Waals surface area contributed by atoms with Gasteiger partial charge in [0.2, 0.25) is 3.79 Å². The van der Waals surface area contributed by atoms with Gasteiger partial charge in [-0.3, -0.25) is 4.79 Å². The van der Waals surface area contributed by atoms with E-state index in [1.165, 1.54) is 0 Å². The van der Waals surface area contributed by atoms with E-state index in [4.69, 9.17) is 58.6 Å². The molecule has 2 aromatic rings. The summed E-state index contributed by atoms with van der Waals surface area (Å²) in [5, 5.41) is 8.75. The molecule has 1 unspecified atom stereocenters. The van der Waals surface area contributed by atoms with Gasteiger partial charge in [0.25, 0.3) is 5.91 Å². The third-order valence-electron chi connectivity index (χ3n) is 3.12. The Kier molecular flexibility index (Phi) is 7.82. The molecule has 0 bridgehead atoms. The van der Waals surface area contributed by atoms with Crippen LogP contribution in [0.3, 0.4) is 0 Å². The van der Waals surface area contributed by atoms with Crippen molar-refractivity contribution in [3.05, 3.63) is 63.6 Å². The second-order valence-electron chi connectivity index (χ2n) is 5.01. The Morgan fingerprint density at radius 3 is 2.27 bits per heavy atom. The molecule has 0 aliphatic carbocycles. The lowest BCUT2D eigenvalue weighted by molar-refractivity contribution is 0.0934. The van der Waals surface area contributed by atoms with Crippen LogP contribution >= 0.6 is 74.6 Å². The lowest BCUT2D eigenvalue weighted by Gasteiger charge is -2.28. The molecule has 1 amide bonds. The molecule has 0 spiro atoms. The molecule has 0 aromatic heterocycles. The minimum absolute atomic E-state index is 0.160. The lowest BCUT2D eigenvalue weighted by Crippen LogP contribution is -2.56. The zero-order chi connectivity index (χ0) is 19.3. The monoisotopic (exact) mass is 513 g/mol. The fourth-order valence-corrected chi connectivity index (χ4v) is 3.07. The van der Waals surface area contributed by atoms with Crippen LogP contribution < -0.4 is 16.0 Å². The van der Waals surface area contributed by atoms with Crippen LogP contribution in [0.5, 0.6) is 0 Å². The zero-order valence-corrected chi connectivity index (χ0v) is 18.3. The number of nitrogens with one attached hydrogen (secondary N) is 3. The number of thiocarbonyl (C=S) groups is 1. The Balaban J connectivity index is 2.10. The highest BCUT2D eigenvalue weighted by atomic mass is 79.9. The third kappa shape index (κ3) is 6.15. The van der Waals surface area contributed by atoms with E-state index >= 15 is 0 Å². The van der Waals surface area contributed by atoms with Gasteiger partial charge in [-0.1, -0.05) is 70.7 Å². The third-order valence-corrected chi connectivity index (χ3v) is 5.01. The van der Waals surface area contributed by atoms with Gasteiger partial charge in [0, 0.05) is 4.47 Å². The predicted octanol–water partition coefficient (Wildman–Crippen LogP) is 5.52. The normalized spacial score (nSPS) is 12.2. The van der Waals surface area contributed by atoms with Crippen LogP contribution in [-0.4, -0.2) is 21.0 Å². The molecular weight excluding hydrogens is 504 g/mol. The summed E-state index contributed by atoms with van der Waals surface area (Å²) in [4.78, 5) is 12.4. The highest BCUT2D eigenvalue weighted by molar-refractivity contribution is 9.10. The molecule has 3 N–H and O–H groups in total. The molecule has 26 heavy (non-hydrogen) atoms. The van der Waals surface area contributed by atoms with Crippen LogP contribution in [0.25, 0.3) is 0 Å². The Labute approximate surface area is 184 Å². The number of hydrogen-bond acceptors (Lipinski definition) is 2. The summed E-state index contributed by atoms with van der Waals surface area (Å²) in [5.41, 5.74) is 0.963. The molecule has 0 saturated heterocycles. The first-order chi connectivity index (χ1) is 12.2. The van der Waals surface area contributed by atoms with Gasteiger partial charge in [-0.15, -0.1) is 0 Å². The summed E-state index contributed by atoms with van der Waals surface area (Å²) in [6.45, 7) is 0. The first kappa shape index (κ1) is 21.5. The average Bonchev–Trinajstić information content (AvgIpc) is 2.56. The Bertz CT molecular complexity index is 816. The first-order valence-corrected chi connectivity index (χ1v) is 9.84. The maximum absolute atomic E-state index is 12.4. The van der Waals surface area contributed by atoms with E-state index in [1.807, 2.05) is 24.3 Å². The Morgan fingerprint density at radius 1 is 1.04 bits per heavy atom. The number of hydrogen-bond donors (Lipinski definition) is 3. The van der Waals surface area contributed by atoms with Crippen molar-refractivity contribution in [3.63, 3.8) is 0 Å². The van der Waals surface area contributed by atoms with Crippen molar-refractivity contribution in [2.75, 3.05) is 5.32 Å². The summed E-state index contributed by atoms with van der Waals surface area (Å²) in [6.07, 6.45) is -1.10. The van der Waals surface area contributed by atoms with Crippen molar-refractivity contribution in [2.24, 2.45) is 0 Å². The summed E-state index contributed by atoms with van der Waals surface area (Å²) in [5.74, 6) is -0.511. The number of alkyl halides is 3. The summed E-state index contributed by atoms with van der Waals surface area (Å²) < 4.78 is -1.06. The van der Waals surface area contributed by atoms with Crippen molar-refractivity contribution >= 4 is 91.3 Å². The molecule has 2 aromatic carbocycles. The van der Waals surface area contributed by atoms with Gasteiger partial charge in [-0.2, -0.15) is 0 Å². The van der Waals surface area contributed by atoms with E-state index in [9.17, 15) is 4.79 Å². The van der Waals surface area contributed by atoms with Crippen molar-refractivity contribution in [1.29, 1.82) is 0 Å². The van der Waals surface area contributed by atoms with Crippen LogP contribution in [0.2, 0.25) is 5.02 Å². The number of amides is 1. The standard InChI is InChI=1S/C16H12BrCl4N3OS/c17-10-6-2-4-8-12(10)22-15(26)24-14(16(19,20)21)23-13(25)9-5-1-3-7-11(9)18/h1-8,14H,(H,23,25)(H2,22,24,26). The van der Waals surface area contributed by atoms with Gasteiger partial charge in [0.05, 0.1) is 16.3 Å². The smallest absolute Gasteiger partial charge is 0.254 e. The molecule has 2 rings (SSSR count). The zero-order valence-electron chi connectivity index (χ0n) is 12.9. The summed E-state index contributed by atoms with van der Waals surface area (Å²) in [7, 11) is 0. The van der Waals surface area contributed by atoms with Gasteiger partial charge in [0.1, 0.15) is 6.17 Å². The lowest BCUT2D eigenvalue weighted by atomic mass is 10.2. The maximum atomic E-state index is 12.4. The van der Waals surface area contributed by atoms with Crippen molar-refractivity contribution in [2.45, 2.75) is 9.96 Å². The van der Waals surface area contributed by atoms with Crippen LogP contribution in [0.15, 0.2) is 53.0 Å². The maximum Gasteiger partial charge on any atom is 0.254 e. The number of anilines is 1. The molecule has 10 heteroatoms. The topological polar surface area (TPSA) is 53.2 Å². The van der Waals surface area contributed by atoms with Crippen LogP contribution in [0.4, 0.5) is 5.69 Å². The minimum Gasteiger partial charge on any atom is -0.339 e. The minimum atomic E-state index is -1.86. The van der Waals surface area contributed by atoms with E-state index in [2.05, 4.69) is 31.9 Å². The van der Waals surface area contributed by atoms with E-state index < -0.39 is 15.9 Å². The van der Waals surface area contributed by atoms with Gasteiger partial charge >= 0.3 is 0 Å². The molecule has 0 saturated carbocycles. The predicted molar refractivity (Wildman–Crippen MR) is 116 cm³/mol. The number of para-hydroxylation sites is 1. The molecule has 4 nitrogen and oxygen atoms in total. The van der Waals surface area contributed by atoms with E-state index in [0.29, 0.717) is 5.69 Å². The highest BCUT2D eigenvalue weighted by Crippen LogP contribution is 2.30. The molecule has 1 atom stereocenters. The SMILES string of the molecule is O=C(NC(NC(=S)Nc1ccccc1Br)C(Cl)(Cl)Cl)c1ccccc1Cl. The largest absolute Gasteiger partial charge is 0.339 e. The number of carbonyl (C=O) groups excluding carboxylic acids is 1. The molecule has 0 fully saturated rings. The van der Waals surface area contributed by atoms with Crippen molar-refractivity contribution < 1.29 is 4.79 Å². The van der Waals surface area contributed by atoms with Crippen LogP contribution in [-0.2, 0) is 0 Å². The second kappa shape index (κ2) is 9.44. The number of carbonyl (C=O) groups is 1. The number of benzene rings is 2. The van der Waals surface area contributed by atoms with Gasteiger partial charge < -0.3 is 16.0 Å². The average molecular weight is 516 g/mol. The van der Waals surface area contributed by atoms with Crippen molar-refractivity contribution in [1.82, 2.24) is 10.6 Å². The van der Waals surface area contributed by atoms with Gasteiger partial charge in [0.15, 0.2) is 5.11 Å². The molecule has 0 aliphatic rings. The van der Waals surface area contributed by atoms with Crippen molar-refractivity contribution in [3.8, 4) is 0 Å². The van der Waals surface area contributed by atoms with E-state index in [0.717, 1.165) is 4.47 Å². The van der Waals surface area contributed by atoms with Crippen LogP contribution in [0.1, 0.15) is 10.4 Å².